The number of aromatic nitrogens is 4. The number of hydrogen-bond donors (Lipinski definition) is 6. The molecule has 0 aliphatic carbocycles. The van der Waals surface area contributed by atoms with Gasteiger partial charge in [-0.3, -0.25) is 4.98 Å². The molecule has 0 unspecified atom stereocenters. The molecule has 5 rings (SSSR count). The molecule has 2 aliphatic heterocycles. The van der Waals surface area contributed by atoms with Crippen LogP contribution in [-0.4, -0.2) is 89.7 Å². The van der Waals surface area contributed by atoms with E-state index in [9.17, 15) is 44.7 Å². The summed E-state index contributed by atoms with van der Waals surface area (Å²) < 4.78 is 96.5. The van der Waals surface area contributed by atoms with Gasteiger partial charge in [-0.25, -0.2) is 24.4 Å². The van der Waals surface area contributed by atoms with Gasteiger partial charge in [-0.15, -0.1) is 0 Å². The lowest BCUT2D eigenvalue weighted by Gasteiger charge is -2.21. The number of piperidine rings is 1. The van der Waals surface area contributed by atoms with Crippen molar-refractivity contribution in [2.45, 2.75) is 37.3 Å². The molecule has 1 fully saturated rings. The number of carbonyl (C=O) groups is 3. The lowest BCUT2D eigenvalue weighted by atomic mass is 9.97. The maximum absolute atomic E-state index is 11.0. The minimum atomic E-state index is -5.08. The van der Waals surface area contributed by atoms with E-state index in [1.807, 2.05) is 18.2 Å². The summed E-state index contributed by atoms with van der Waals surface area (Å²) in [5.74, 6) is -6.57. The first-order valence-corrected chi connectivity index (χ1v) is 12.3. The Morgan fingerprint density at radius 1 is 0.804 bits per heavy atom. The zero-order valence-corrected chi connectivity index (χ0v) is 22.6. The van der Waals surface area contributed by atoms with E-state index in [4.69, 9.17) is 34.7 Å². The molecular weight excluding hydrogens is 655 g/mol. The van der Waals surface area contributed by atoms with Crippen LogP contribution in [0.1, 0.15) is 24.6 Å². The fourth-order valence-electron chi connectivity index (χ4n) is 3.73. The van der Waals surface area contributed by atoms with E-state index in [2.05, 4.69) is 20.6 Å². The Bertz CT molecular complexity index is 1480. The molecule has 252 valence electrons. The zero-order chi connectivity index (χ0) is 35.0. The Morgan fingerprint density at radius 2 is 1.30 bits per heavy atom. The molecule has 2 aliphatic rings. The van der Waals surface area contributed by atoms with Crippen molar-refractivity contribution in [3.63, 3.8) is 0 Å². The van der Waals surface area contributed by atoms with Crippen LogP contribution in [0.4, 0.5) is 51.0 Å². The van der Waals surface area contributed by atoms with Gasteiger partial charge in [-0.05, 0) is 44.1 Å². The Hall–Kier alpha value is -5.15. The van der Waals surface area contributed by atoms with Crippen molar-refractivity contribution in [1.82, 2.24) is 25.0 Å². The highest BCUT2D eigenvalue weighted by Gasteiger charge is 2.39. The monoisotopic (exact) mass is 676 g/mol. The third kappa shape index (κ3) is 9.93. The molecule has 0 aromatic carbocycles. The second-order valence-electron chi connectivity index (χ2n) is 8.86. The second kappa shape index (κ2) is 14.8. The number of imidazole rings is 1. The van der Waals surface area contributed by atoms with Gasteiger partial charge >= 0.3 is 36.4 Å². The van der Waals surface area contributed by atoms with Crippen LogP contribution < -0.4 is 10.6 Å². The molecule has 0 bridgehead atoms. The number of anilines is 2. The lowest BCUT2D eigenvalue weighted by molar-refractivity contribution is -0.193. The highest BCUT2D eigenvalue weighted by Crippen LogP contribution is 2.44. The molecule has 0 saturated carbocycles. The highest BCUT2D eigenvalue weighted by atomic mass is 19.4. The molecular formula is C24H21F9N6O7. The van der Waals surface area contributed by atoms with Crippen molar-refractivity contribution < 1.29 is 74.4 Å². The van der Waals surface area contributed by atoms with E-state index in [1.54, 1.807) is 18.6 Å². The van der Waals surface area contributed by atoms with Crippen LogP contribution in [-0.2, 0) is 14.4 Å². The van der Waals surface area contributed by atoms with Gasteiger partial charge in [0.15, 0.2) is 0 Å². The Kier molecular flexibility index (Phi) is 11.9. The molecule has 0 radical (unpaired) electrons. The van der Waals surface area contributed by atoms with Crippen LogP contribution >= 0.6 is 0 Å². The summed E-state index contributed by atoms with van der Waals surface area (Å²) in [6.45, 7) is 1.89. The largest absolute Gasteiger partial charge is 0.490 e. The van der Waals surface area contributed by atoms with E-state index in [0.717, 1.165) is 60.1 Å². The minimum Gasteiger partial charge on any atom is -0.475 e. The van der Waals surface area contributed by atoms with Crippen molar-refractivity contribution >= 4 is 29.4 Å². The molecule has 3 aromatic rings. The minimum absolute atomic E-state index is 0.247. The molecule has 5 heterocycles. The fraction of sp³-hybridized carbons (Fsp3) is 0.333. The van der Waals surface area contributed by atoms with Crippen LogP contribution in [0.5, 0.6) is 0 Å². The summed E-state index contributed by atoms with van der Waals surface area (Å²) in [6, 6.07) is 5.76. The van der Waals surface area contributed by atoms with Gasteiger partial charge in [0, 0.05) is 29.4 Å². The van der Waals surface area contributed by atoms with Gasteiger partial charge in [0.25, 0.3) is 0 Å². The molecule has 0 spiro atoms. The number of nitrogens with zero attached hydrogens (tertiary/aromatic N) is 4. The van der Waals surface area contributed by atoms with Crippen LogP contribution in [0, 0.1) is 0 Å². The summed E-state index contributed by atoms with van der Waals surface area (Å²) in [5, 5.41) is 39.0. The summed E-state index contributed by atoms with van der Waals surface area (Å²) in [7, 11) is 0. The summed E-state index contributed by atoms with van der Waals surface area (Å²) >= 11 is 0. The maximum Gasteiger partial charge on any atom is 0.490 e. The Morgan fingerprint density at radius 3 is 1.78 bits per heavy atom. The van der Waals surface area contributed by atoms with Crippen molar-refractivity contribution in [2.75, 3.05) is 18.4 Å². The van der Waals surface area contributed by atoms with Crippen LogP contribution in [0.15, 0.2) is 36.8 Å². The molecule has 0 atom stereocenters. The first-order chi connectivity index (χ1) is 21.2. The number of pyridine rings is 2. The third-order valence-electron chi connectivity index (χ3n) is 5.70. The molecule has 3 aromatic heterocycles. The quantitative estimate of drug-likeness (QED) is 0.121. The van der Waals surface area contributed by atoms with Gasteiger partial charge in [0.1, 0.15) is 23.0 Å². The third-order valence-corrected chi connectivity index (χ3v) is 5.70. The topological polar surface area (TPSA) is 200 Å². The number of alkyl halides is 9. The molecule has 1 saturated heterocycles. The standard InChI is InChI=1S/C18H18N6O.3C2HF3O2/c25-24-16-12-5-9-20-10-14(12)22-17-13(2-1-6-21-17)15(16)23-18(24)11-3-7-19-8-4-11;3*3-2(4,5)1(6)7/h1-2,5-6,9-11,19,25H,3-4,7-8H2,(H,21,22);3*(H,6,7). The van der Waals surface area contributed by atoms with Gasteiger partial charge in [0.05, 0.1) is 11.9 Å². The van der Waals surface area contributed by atoms with Crippen LogP contribution in [0.2, 0.25) is 0 Å². The van der Waals surface area contributed by atoms with Crippen molar-refractivity contribution in [2.24, 2.45) is 0 Å². The zero-order valence-electron chi connectivity index (χ0n) is 22.6. The van der Waals surface area contributed by atoms with E-state index in [0.29, 0.717) is 5.69 Å². The number of rotatable bonds is 1. The summed E-state index contributed by atoms with van der Waals surface area (Å²) in [6.07, 6.45) is -8.09. The molecule has 6 N–H and O–H groups in total. The average Bonchev–Trinajstić information content (AvgIpc) is 3.22. The van der Waals surface area contributed by atoms with E-state index >= 15 is 0 Å². The van der Waals surface area contributed by atoms with Crippen molar-refractivity contribution in [3.05, 3.63) is 42.6 Å². The summed E-state index contributed by atoms with van der Waals surface area (Å²) in [5.41, 5.74) is 4.03. The van der Waals surface area contributed by atoms with E-state index in [-0.39, 0.29) is 5.92 Å². The van der Waals surface area contributed by atoms with Crippen molar-refractivity contribution in [3.8, 4) is 22.5 Å². The van der Waals surface area contributed by atoms with Crippen molar-refractivity contribution in [1.29, 1.82) is 0 Å². The fourth-order valence-corrected chi connectivity index (χ4v) is 3.73. The Balaban J connectivity index is 0.000000289. The number of carboxylic acids is 3. The molecule has 0 amide bonds. The average molecular weight is 676 g/mol. The second-order valence-corrected chi connectivity index (χ2v) is 8.86. The molecule has 13 nitrogen and oxygen atoms in total. The Labute approximate surface area is 250 Å². The normalized spacial score (nSPS) is 14.0. The molecule has 22 heteroatoms. The van der Waals surface area contributed by atoms with Crippen LogP contribution in [0.3, 0.4) is 0 Å². The highest BCUT2D eigenvalue weighted by molar-refractivity contribution is 5.94. The number of nitrogens with one attached hydrogen (secondary N) is 2. The van der Waals surface area contributed by atoms with E-state index in [1.165, 1.54) is 4.73 Å². The number of halogens is 9. The van der Waals surface area contributed by atoms with Gasteiger partial charge in [-0.1, -0.05) is 0 Å². The van der Waals surface area contributed by atoms with Gasteiger partial charge in [-0.2, -0.15) is 44.2 Å². The van der Waals surface area contributed by atoms with Gasteiger partial charge < -0.3 is 31.2 Å². The maximum atomic E-state index is 11.0. The number of hydrogen-bond acceptors (Lipinski definition) is 9. The smallest absolute Gasteiger partial charge is 0.475 e. The molecule has 46 heavy (non-hydrogen) atoms. The number of fused-ring (bicyclic) bond motifs is 5. The SMILES string of the molecule is O=C(O)C(F)(F)F.O=C(O)C(F)(F)F.O=C(O)C(F)(F)F.On1c(C2CCNCC2)nc2c1-c1ccncc1Nc1ncccc1-2. The predicted molar refractivity (Wildman–Crippen MR) is 135 cm³/mol. The van der Waals surface area contributed by atoms with E-state index < -0.39 is 36.4 Å². The van der Waals surface area contributed by atoms with Gasteiger partial charge in [0.2, 0.25) is 0 Å². The first kappa shape index (κ1) is 37.0. The predicted octanol–water partition coefficient (Wildman–Crippen LogP) is 4.67. The number of aliphatic carboxylic acids is 3. The lowest BCUT2D eigenvalue weighted by Crippen LogP contribution is -2.28. The summed E-state index contributed by atoms with van der Waals surface area (Å²) in [4.78, 5) is 40.2. The number of carboxylic acid groups (broad SMARTS) is 3. The first-order valence-electron chi connectivity index (χ1n) is 12.3. The van der Waals surface area contributed by atoms with Crippen LogP contribution in [0.25, 0.3) is 22.5 Å².